The number of anilines is 1. The highest BCUT2D eigenvalue weighted by Gasteiger charge is 2.17. The first-order valence-electron chi connectivity index (χ1n) is 8.04. The summed E-state index contributed by atoms with van der Waals surface area (Å²) in [4.78, 5) is 24.4. The summed E-state index contributed by atoms with van der Waals surface area (Å²) in [5, 5.41) is 5.24. The van der Waals surface area contributed by atoms with Gasteiger partial charge in [0.2, 0.25) is 11.7 Å². The molecule has 2 rings (SSSR count). The van der Waals surface area contributed by atoms with E-state index in [1.807, 2.05) is 0 Å². The van der Waals surface area contributed by atoms with Crippen molar-refractivity contribution in [2.45, 2.75) is 0 Å². The molecule has 144 valence electrons. The van der Waals surface area contributed by atoms with Crippen LogP contribution in [0.5, 0.6) is 23.0 Å². The first-order valence-corrected chi connectivity index (χ1v) is 8.04. The topological polar surface area (TPSA) is 95.1 Å². The van der Waals surface area contributed by atoms with E-state index < -0.39 is 5.91 Å². The molecule has 0 aromatic heterocycles. The minimum atomic E-state index is -0.449. The molecule has 8 heteroatoms. The van der Waals surface area contributed by atoms with Gasteiger partial charge in [0.25, 0.3) is 5.91 Å². The van der Waals surface area contributed by atoms with Crippen LogP contribution in [0.15, 0.2) is 36.4 Å². The van der Waals surface area contributed by atoms with E-state index in [1.54, 1.807) is 31.4 Å². The Balaban J connectivity index is 2.03. The smallest absolute Gasteiger partial charge is 0.251 e. The number of methoxy groups -OCH3 is 4. The van der Waals surface area contributed by atoms with Crippen molar-refractivity contribution in [1.82, 2.24) is 5.32 Å². The molecule has 0 radical (unpaired) electrons. The van der Waals surface area contributed by atoms with Gasteiger partial charge in [-0.2, -0.15) is 0 Å². The highest BCUT2D eigenvalue weighted by molar-refractivity contribution is 6.00. The highest BCUT2D eigenvalue weighted by atomic mass is 16.5. The Morgan fingerprint density at radius 2 is 1.56 bits per heavy atom. The van der Waals surface area contributed by atoms with Gasteiger partial charge in [-0.25, -0.2) is 0 Å². The standard InChI is InChI=1S/C19H22N2O6/c1-24-14-7-5-6-13(10-14)21-17(22)11-20-19(23)12-8-15(25-2)18(27-4)16(9-12)26-3/h5-10H,11H2,1-4H3,(H,20,23)(H,21,22). The number of nitrogens with one attached hydrogen (secondary N) is 2. The molecule has 0 spiro atoms. The van der Waals surface area contributed by atoms with Crippen LogP contribution in [0.4, 0.5) is 5.69 Å². The summed E-state index contributed by atoms with van der Waals surface area (Å²) in [5.74, 6) is 0.881. The van der Waals surface area contributed by atoms with Crippen molar-refractivity contribution in [1.29, 1.82) is 0 Å². The van der Waals surface area contributed by atoms with Crippen LogP contribution in [0, 0.1) is 0 Å². The summed E-state index contributed by atoms with van der Waals surface area (Å²) in [5.41, 5.74) is 0.847. The lowest BCUT2D eigenvalue weighted by molar-refractivity contribution is -0.115. The van der Waals surface area contributed by atoms with Crippen molar-refractivity contribution in [2.24, 2.45) is 0 Å². The number of amides is 2. The molecule has 27 heavy (non-hydrogen) atoms. The molecule has 0 atom stereocenters. The molecule has 8 nitrogen and oxygen atoms in total. The fourth-order valence-electron chi connectivity index (χ4n) is 2.38. The van der Waals surface area contributed by atoms with Crippen LogP contribution in [0.1, 0.15) is 10.4 Å². The zero-order valence-electron chi connectivity index (χ0n) is 15.6. The summed E-state index contributed by atoms with van der Waals surface area (Å²) < 4.78 is 20.8. The van der Waals surface area contributed by atoms with Crippen LogP contribution in [-0.4, -0.2) is 46.8 Å². The fraction of sp³-hybridized carbons (Fsp3) is 0.263. The largest absolute Gasteiger partial charge is 0.497 e. The van der Waals surface area contributed by atoms with E-state index in [0.29, 0.717) is 28.7 Å². The van der Waals surface area contributed by atoms with Gasteiger partial charge < -0.3 is 29.6 Å². The van der Waals surface area contributed by atoms with E-state index in [0.717, 1.165) is 0 Å². The van der Waals surface area contributed by atoms with Crippen LogP contribution < -0.4 is 29.6 Å². The molecule has 0 unspecified atom stereocenters. The van der Waals surface area contributed by atoms with Crippen molar-refractivity contribution in [3.63, 3.8) is 0 Å². The van der Waals surface area contributed by atoms with Crippen molar-refractivity contribution >= 4 is 17.5 Å². The van der Waals surface area contributed by atoms with E-state index in [2.05, 4.69) is 10.6 Å². The summed E-state index contributed by atoms with van der Waals surface area (Å²) in [6.07, 6.45) is 0. The number of ether oxygens (including phenoxy) is 4. The molecule has 0 aliphatic rings. The van der Waals surface area contributed by atoms with Crippen LogP contribution in [0.3, 0.4) is 0 Å². The Hall–Kier alpha value is -3.42. The van der Waals surface area contributed by atoms with E-state index in [-0.39, 0.29) is 18.0 Å². The summed E-state index contributed by atoms with van der Waals surface area (Å²) in [7, 11) is 5.93. The average molecular weight is 374 g/mol. The molecular weight excluding hydrogens is 352 g/mol. The Morgan fingerprint density at radius 3 is 2.11 bits per heavy atom. The van der Waals surface area contributed by atoms with Gasteiger partial charge in [-0.05, 0) is 24.3 Å². The normalized spacial score (nSPS) is 9.93. The zero-order chi connectivity index (χ0) is 19.8. The molecule has 2 amide bonds. The van der Waals surface area contributed by atoms with Crippen LogP contribution in [-0.2, 0) is 4.79 Å². The molecule has 0 aliphatic heterocycles. The van der Waals surface area contributed by atoms with Gasteiger partial charge in [0.15, 0.2) is 11.5 Å². The number of carbonyl (C=O) groups is 2. The van der Waals surface area contributed by atoms with Crippen molar-refractivity contribution in [2.75, 3.05) is 40.3 Å². The van der Waals surface area contributed by atoms with Gasteiger partial charge in [-0.1, -0.05) is 6.07 Å². The maximum Gasteiger partial charge on any atom is 0.251 e. The number of rotatable bonds is 8. The summed E-state index contributed by atoms with van der Waals surface area (Å²) in [6.45, 7) is -0.202. The minimum Gasteiger partial charge on any atom is -0.497 e. The van der Waals surface area contributed by atoms with Crippen LogP contribution in [0.25, 0.3) is 0 Å². The lowest BCUT2D eigenvalue weighted by atomic mass is 10.1. The average Bonchev–Trinajstić information content (AvgIpc) is 2.70. The molecule has 2 aromatic rings. The quantitative estimate of drug-likeness (QED) is 0.735. The van der Waals surface area contributed by atoms with Crippen molar-refractivity contribution in [3.05, 3.63) is 42.0 Å². The maximum atomic E-state index is 12.4. The maximum absolute atomic E-state index is 12.4. The molecule has 2 N–H and O–H groups in total. The molecule has 0 fully saturated rings. The van der Waals surface area contributed by atoms with Crippen molar-refractivity contribution in [3.8, 4) is 23.0 Å². The molecule has 2 aromatic carbocycles. The second kappa shape index (κ2) is 9.33. The second-order valence-corrected chi connectivity index (χ2v) is 5.38. The van der Waals surface area contributed by atoms with E-state index in [9.17, 15) is 9.59 Å². The number of hydrogen-bond acceptors (Lipinski definition) is 6. The first-order chi connectivity index (χ1) is 13.0. The summed E-state index contributed by atoms with van der Waals surface area (Å²) in [6, 6.07) is 9.94. The van der Waals surface area contributed by atoms with Gasteiger partial charge >= 0.3 is 0 Å². The van der Waals surface area contributed by atoms with Gasteiger partial charge in [0.1, 0.15) is 5.75 Å². The van der Waals surface area contributed by atoms with E-state index >= 15 is 0 Å². The second-order valence-electron chi connectivity index (χ2n) is 5.38. The number of hydrogen-bond donors (Lipinski definition) is 2. The van der Waals surface area contributed by atoms with Gasteiger partial charge in [0, 0.05) is 17.3 Å². The van der Waals surface area contributed by atoms with Crippen LogP contribution >= 0.6 is 0 Å². The van der Waals surface area contributed by atoms with Gasteiger partial charge in [-0.15, -0.1) is 0 Å². The lowest BCUT2D eigenvalue weighted by Crippen LogP contribution is -2.32. The molecule has 0 saturated heterocycles. The van der Waals surface area contributed by atoms with E-state index in [1.165, 1.54) is 33.5 Å². The Bertz CT molecular complexity index is 797. The number of benzene rings is 2. The Kier molecular flexibility index (Phi) is 6.87. The predicted molar refractivity (Wildman–Crippen MR) is 100 cm³/mol. The van der Waals surface area contributed by atoms with E-state index in [4.69, 9.17) is 18.9 Å². The minimum absolute atomic E-state index is 0.202. The monoisotopic (exact) mass is 374 g/mol. The third-order valence-corrected chi connectivity index (χ3v) is 3.69. The third-order valence-electron chi connectivity index (χ3n) is 3.69. The predicted octanol–water partition coefficient (Wildman–Crippen LogP) is 2.09. The third kappa shape index (κ3) is 5.04. The SMILES string of the molecule is COc1cccc(NC(=O)CNC(=O)c2cc(OC)c(OC)c(OC)c2)c1. The van der Waals surface area contributed by atoms with Crippen molar-refractivity contribution < 1.29 is 28.5 Å². The molecule has 0 aliphatic carbocycles. The fourth-order valence-corrected chi connectivity index (χ4v) is 2.38. The highest BCUT2D eigenvalue weighted by Crippen LogP contribution is 2.38. The zero-order valence-corrected chi connectivity index (χ0v) is 15.6. The molecule has 0 bridgehead atoms. The van der Waals surface area contributed by atoms with Gasteiger partial charge in [0.05, 0.1) is 35.0 Å². The molecular formula is C19H22N2O6. The molecule has 0 saturated carbocycles. The lowest BCUT2D eigenvalue weighted by Gasteiger charge is -2.14. The Morgan fingerprint density at radius 1 is 0.889 bits per heavy atom. The van der Waals surface area contributed by atoms with Crippen LogP contribution in [0.2, 0.25) is 0 Å². The number of carbonyl (C=O) groups excluding carboxylic acids is 2. The Labute approximate surface area is 157 Å². The molecule has 0 heterocycles. The summed E-state index contributed by atoms with van der Waals surface area (Å²) >= 11 is 0. The van der Waals surface area contributed by atoms with Gasteiger partial charge in [-0.3, -0.25) is 9.59 Å². The first kappa shape index (κ1) is 19.9.